The molecule has 26 heavy (non-hydrogen) atoms. The van der Waals surface area contributed by atoms with Gasteiger partial charge in [0.1, 0.15) is 6.10 Å². The fourth-order valence-electron chi connectivity index (χ4n) is 3.90. The molecule has 9 heteroatoms. The number of piperidine rings is 2. The van der Waals surface area contributed by atoms with Gasteiger partial charge < -0.3 is 20.2 Å². The van der Waals surface area contributed by atoms with Crippen LogP contribution in [0.3, 0.4) is 0 Å². The molecule has 3 rings (SSSR count). The number of anilines is 1. The Labute approximate surface area is 149 Å². The van der Waals surface area contributed by atoms with Gasteiger partial charge in [0.25, 0.3) is 0 Å². The predicted octanol–water partition coefficient (Wildman–Crippen LogP) is 0.715. The number of nitrogens with zero attached hydrogens (tertiary/aromatic N) is 3. The predicted molar refractivity (Wildman–Crippen MR) is 88.6 cm³/mol. The van der Waals surface area contributed by atoms with Crippen molar-refractivity contribution in [2.75, 3.05) is 37.6 Å². The lowest BCUT2D eigenvalue weighted by atomic mass is 9.94. The molecule has 146 valence electrons. The molecule has 2 saturated heterocycles. The summed E-state index contributed by atoms with van der Waals surface area (Å²) >= 11 is 0. The zero-order chi connectivity index (χ0) is 18.9. The molecule has 2 aliphatic heterocycles. The van der Waals surface area contributed by atoms with Crippen molar-refractivity contribution in [3.8, 4) is 0 Å². The zero-order valence-electron chi connectivity index (χ0n) is 14.3. The van der Waals surface area contributed by atoms with Crippen LogP contribution in [-0.2, 0) is 6.18 Å². The van der Waals surface area contributed by atoms with Crippen LogP contribution < -0.4 is 4.90 Å². The Morgan fingerprint density at radius 2 is 1.81 bits per heavy atom. The Morgan fingerprint density at radius 3 is 2.46 bits per heavy atom. The number of aliphatic hydroxyl groups is 3. The first-order valence-corrected chi connectivity index (χ1v) is 8.78. The number of β-amino-alcohol motifs (C(OH)–C–C–N with tert-alkyl or cyclic N) is 2. The quantitative estimate of drug-likeness (QED) is 0.722. The molecule has 2 fully saturated rings. The van der Waals surface area contributed by atoms with Gasteiger partial charge in [-0.15, -0.1) is 0 Å². The first kappa shape index (κ1) is 19.3. The second kappa shape index (κ2) is 7.67. The van der Waals surface area contributed by atoms with Gasteiger partial charge in [0, 0.05) is 38.9 Å². The van der Waals surface area contributed by atoms with Crippen LogP contribution in [0.2, 0.25) is 0 Å². The van der Waals surface area contributed by atoms with Gasteiger partial charge in [-0.1, -0.05) is 0 Å². The van der Waals surface area contributed by atoms with Crippen LogP contribution in [0.4, 0.5) is 18.9 Å². The van der Waals surface area contributed by atoms with Gasteiger partial charge in [-0.2, -0.15) is 13.2 Å². The number of likely N-dealkylation sites (tertiary alicyclic amines) is 1. The highest BCUT2D eigenvalue weighted by Crippen LogP contribution is 2.37. The highest BCUT2D eigenvalue weighted by Gasteiger charge is 2.37. The van der Waals surface area contributed by atoms with E-state index in [9.17, 15) is 28.5 Å². The second-order valence-corrected chi connectivity index (χ2v) is 7.19. The third-order valence-electron chi connectivity index (χ3n) is 5.16. The number of rotatable bonds is 3. The summed E-state index contributed by atoms with van der Waals surface area (Å²) in [6.45, 7) is 2.04. The number of aliphatic hydroxyl groups excluding tert-OH is 3. The van der Waals surface area contributed by atoms with E-state index in [1.54, 1.807) is 4.90 Å². The van der Waals surface area contributed by atoms with Crippen molar-refractivity contribution in [3.05, 3.63) is 24.0 Å². The van der Waals surface area contributed by atoms with E-state index in [2.05, 4.69) is 4.98 Å². The maximum atomic E-state index is 13.3. The molecule has 1 aromatic heterocycles. The van der Waals surface area contributed by atoms with E-state index in [0.29, 0.717) is 19.6 Å². The molecule has 2 aliphatic rings. The van der Waals surface area contributed by atoms with Crippen LogP contribution in [0.25, 0.3) is 0 Å². The molecule has 0 aromatic carbocycles. The Hall–Kier alpha value is -1.42. The third kappa shape index (κ3) is 4.28. The molecule has 1 aromatic rings. The fraction of sp³-hybridized carbons (Fsp3) is 0.706. The smallest absolute Gasteiger partial charge is 0.389 e. The van der Waals surface area contributed by atoms with E-state index >= 15 is 0 Å². The van der Waals surface area contributed by atoms with E-state index in [-0.39, 0.29) is 24.7 Å². The third-order valence-corrected chi connectivity index (χ3v) is 5.16. The van der Waals surface area contributed by atoms with Crippen molar-refractivity contribution < 1.29 is 28.5 Å². The average Bonchev–Trinajstić information content (AvgIpc) is 2.59. The minimum Gasteiger partial charge on any atom is -0.389 e. The molecule has 0 amide bonds. The van der Waals surface area contributed by atoms with Gasteiger partial charge in [0.15, 0.2) is 0 Å². The minimum absolute atomic E-state index is 0.0961. The monoisotopic (exact) mass is 375 g/mol. The fourth-order valence-corrected chi connectivity index (χ4v) is 3.90. The molecule has 3 N–H and O–H groups in total. The second-order valence-electron chi connectivity index (χ2n) is 7.19. The maximum Gasteiger partial charge on any atom is 0.418 e. The van der Waals surface area contributed by atoms with E-state index in [4.69, 9.17) is 0 Å². The average molecular weight is 375 g/mol. The lowest BCUT2D eigenvalue weighted by Gasteiger charge is -2.41. The molecule has 6 nitrogen and oxygen atoms in total. The van der Waals surface area contributed by atoms with Gasteiger partial charge in [-0.05, 0) is 24.8 Å². The number of hydrogen-bond acceptors (Lipinski definition) is 6. The lowest BCUT2D eigenvalue weighted by Crippen LogP contribution is -2.56. The highest BCUT2D eigenvalue weighted by atomic mass is 19.4. The molecule has 4 atom stereocenters. The van der Waals surface area contributed by atoms with Crippen molar-refractivity contribution in [3.63, 3.8) is 0 Å². The maximum absolute atomic E-state index is 13.3. The molecule has 0 bridgehead atoms. The van der Waals surface area contributed by atoms with Crippen molar-refractivity contribution in [2.45, 2.75) is 37.3 Å². The first-order chi connectivity index (χ1) is 12.3. The summed E-state index contributed by atoms with van der Waals surface area (Å²) in [4.78, 5) is 7.44. The van der Waals surface area contributed by atoms with Crippen LogP contribution >= 0.6 is 0 Å². The number of halogens is 3. The Kier molecular flexibility index (Phi) is 5.71. The standard InChI is InChI=1S/C17H24F3N3O3/c18-17(19,20)12-3-4-21-6-13(12)23-5-1-2-11(8-23)7-22-9-14(24)16(26)15(25)10-22/h3-4,6,11,14-16,24-26H,1-2,5,7-10H2/t11-,14-,15+,16?/m1/s1. The lowest BCUT2D eigenvalue weighted by molar-refractivity contribution is -0.137. The van der Waals surface area contributed by atoms with E-state index in [0.717, 1.165) is 25.1 Å². The first-order valence-electron chi connectivity index (χ1n) is 8.78. The zero-order valence-corrected chi connectivity index (χ0v) is 14.3. The summed E-state index contributed by atoms with van der Waals surface area (Å²) in [5.41, 5.74) is -0.584. The molecular formula is C17H24F3N3O3. The van der Waals surface area contributed by atoms with Crippen LogP contribution in [0.1, 0.15) is 18.4 Å². The Balaban J connectivity index is 1.67. The van der Waals surface area contributed by atoms with Crippen LogP contribution in [0.5, 0.6) is 0 Å². The number of aromatic nitrogens is 1. The van der Waals surface area contributed by atoms with Crippen LogP contribution in [0, 0.1) is 5.92 Å². The SMILES string of the molecule is OC1[C@H](O)CN(C[C@H]2CCCN(c3cnccc3C(F)(F)F)C2)C[C@@H]1O. The van der Waals surface area contributed by atoms with E-state index < -0.39 is 30.1 Å². The molecule has 0 radical (unpaired) electrons. The normalized spacial score (nSPS) is 31.2. The molecule has 1 unspecified atom stereocenters. The van der Waals surface area contributed by atoms with Gasteiger partial charge in [-0.3, -0.25) is 9.88 Å². The topological polar surface area (TPSA) is 80.1 Å². The Bertz CT molecular complexity index is 604. The summed E-state index contributed by atoms with van der Waals surface area (Å²) in [5, 5.41) is 29.2. The summed E-state index contributed by atoms with van der Waals surface area (Å²) in [6, 6.07) is 0.998. The van der Waals surface area contributed by atoms with Crippen LogP contribution in [-0.4, -0.2) is 76.2 Å². The van der Waals surface area contributed by atoms with E-state index in [1.165, 1.54) is 6.20 Å². The molecular weight excluding hydrogens is 351 g/mol. The van der Waals surface area contributed by atoms with Crippen molar-refractivity contribution >= 4 is 5.69 Å². The number of hydrogen-bond donors (Lipinski definition) is 3. The molecule has 0 saturated carbocycles. The number of alkyl halides is 3. The van der Waals surface area contributed by atoms with Gasteiger partial charge in [0.2, 0.25) is 0 Å². The van der Waals surface area contributed by atoms with Crippen molar-refractivity contribution in [1.29, 1.82) is 0 Å². The summed E-state index contributed by atoms with van der Waals surface area (Å²) in [5.74, 6) is 0.111. The van der Waals surface area contributed by atoms with Gasteiger partial charge in [0.05, 0.1) is 29.7 Å². The largest absolute Gasteiger partial charge is 0.418 e. The molecule has 0 spiro atoms. The number of pyridine rings is 1. The van der Waals surface area contributed by atoms with Gasteiger partial charge in [-0.25, -0.2) is 0 Å². The highest BCUT2D eigenvalue weighted by molar-refractivity contribution is 5.53. The van der Waals surface area contributed by atoms with Crippen molar-refractivity contribution in [1.82, 2.24) is 9.88 Å². The Morgan fingerprint density at radius 1 is 1.12 bits per heavy atom. The summed E-state index contributed by atoms with van der Waals surface area (Å²) in [6.07, 6.45) is -3.59. The van der Waals surface area contributed by atoms with E-state index in [1.807, 2.05) is 4.90 Å². The molecule has 3 heterocycles. The molecule has 0 aliphatic carbocycles. The van der Waals surface area contributed by atoms with Gasteiger partial charge >= 0.3 is 6.18 Å². The minimum atomic E-state index is -4.43. The summed E-state index contributed by atoms with van der Waals surface area (Å²) < 4.78 is 39.8. The van der Waals surface area contributed by atoms with Crippen molar-refractivity contribution in [2.24, 2.45) is 5.92 Å². The summed E-state index contributed by atoms with van der Waals surface area (Å²) in [7, 11) is 0. The van der Waals surface area contributed by atoms with Crippen LogP contribution in [0.15, 0.2) is 18.5 Å².